The fraction of sp³-hybridized carbons (Fsp3) is 0.280. The number of benzene rings is 2. The number of ether oxygens (including phenoxy) is 1. The van der Waals surface area contributed by atoms with Gasteiger partial charge >= 0.3 is 0 Å². The van der Waals surface area contributed by atoms with Crippen molar-refractivity contribution >= 4 is 17.7 Å². The van der Waals surface area contributed by atoms with Crippen molar-refractivity contribution < 1.29 is 9.53 Å². The minimum atomic E-state index is -0.466. The third-order valence-electron chi connectivity index (χ3n) is 5.43. The lowest BCUT2D eigenvalue weighted by Crippen LogP contribution is -2.25. The number of rotatable bonds is 6. The van der Waals surface area contributed by atoms with E-state index in [1.165, 1.54) is 0 Å². The van der Waals surface area contributed by atoms with Gasteiger partial charge in [-0.3, -0.25) is 14.4 Å². The minimum Gasteiger partial charge on any atom is -0.497 e. The maximum Gasteiger partial charge on any atom is 0.222 e. The van der Waals surface area contributed by atoms with Crippen LogP contribution < -0.4 is 10.1 Å². The van der Waals surface area contributed by atoms with E-state index in [2.05, 4.69) is 45.9 Å². The van der Waals surface area contributed by atoms with Crippen molar-refractivity contribution in [2.24, 2.45) is 4.99 Å². The number of carbonyl (C=O) groups is 1. The summed E-state index contributed by atoms with van der Waals surface area (Å²) >= 11 is 0. The summed E-state index contributed by atoms with van der Waals surface area (Å²) in [5, 5.41) is 11.6. The maximum atomic E-state index is 12.5. The van der Waals surface area contributed by atoms with Crippen LogP contribution in [0.2, 0.25) is 0 Å². The Hall–Kier alpha value is -3.74. The first-order chi connectivity index (χ1) is 15.5. The van der Waals surface area contributed by atoms with Gasteiger partial charge in [0.1, 0.15) is 17.6 Å². The molecule has 4 rings (SSSR count). The molecule has 7 nitrogen and oxygen atoms in total. The predicted octanol–water partition coefficient (Wildman–Crippen LogP) is 4.04. The number of aliphatic imine (C=N–C) groups is 1. The number of hydrogen-bond acceptors (Lipinski definition) is 5. The zero-order valence-electron chi connectivity index (χ0n) is 18.8. The van der Waals surface area contributed by atoms with Gasteiger partial charge in [-0.1, -0.05) is 36.4 Å². The van der Waals surface area contributed by atoms with Crippen molar-refractivity contribution in [2.75, 3.05) is 13.7 Å². The zero-order chi connectivity index (χ0) is 22.7. The van der Waals surface area contributed by atoms with Crippen LogP contribution in [0.5, 0.6) is 5.75 Å². The Morgan fingerprint density at radius 1 is 1.19 bits per heavy atom. The first-order valence-corrected chi connectivity index (χ1v) is 10.7. The highest BCUT2D eigenvalue weighted by atomic mass is 16.5. The van der Waals surface area contributed by atoms with Crippen molar-refractivity contribution in [1.82, 2.24) is 20.1 Å². The summed E-state index contributed by atoms with van der Waals surface area (Å²) in [6.07, 6.45) is 4.25. The number of nitrogens with one attached hydrogen (secondary N) is 1. The van der Waals surface area contributed by atoms with Crippen LogP contribution in [-0.4, -0.2) is 40.0 Å². The van der Waals surface area contributed by atoms with Crippen LogP contribution in [0, 0.1) is 6.92 Å². The van der Waals surface area contributed by atoms with E-state index in [4.69, 9.17) is 9.73 Å². The summed E-state index contributed by atoms with van der Waals surface area (Å²) in [5.41, 5.74) is 4.70. The maximum absolute atomic E-state index is 12.5. The third-order valence-corrected chi connectivity index (χ3v) is 5.43. The van der Waals surface area contributed by atoms with Crippen LogP contribution in [0.1, 0.15) is 54.6 Å². The molecule has 1 atom stereocenters. The first kappa shape index (κ1) is 21.5. The van der Waals surface area contributed by atoms with Gasteiger partial charge in [-0.15, -0.1) is 10.2 Å². The second-order valence-electron chi connectivity index (χ2n) is 7.60. The Morgan fingerprint density at radius 2 is 1.97 bits per heavy atom. The molecule has 0 saturated heterocycles. The highest BCUT2D eigenvalue weighted by Crippen LogP contribution is 2.34. The minimum absolute atomic E-state index is 0.0697. The number of amides is 1. The molecule has 32 heavy (non-hydrogen) atoms. The van der Waals surface area contributed by atoms with Crippen molar-refractivity contribution in [3.05, 3.63) is 76.9 Å². The van der Waals surface area contributed by atoms with Crippen LogP contribution in [-0.2, 0) is 4.79 Å². The molecule has 7 heteroatoms. The number of fused-ring (bicyclic) bond motifs is 3. The van der Waals surface area contributed by atoms with E-state index >= 15 is 0 Å². The lowest BCUT2D eigenvalue weighted by Gasteiger charge is -2.14. The second-order valence-corrected chi connectivity index (χ2v) is 7.60. The molecule has 2 aromatic carbocycles. The standard InChI is InChI=1S/C25H27N5O2/c1-5-7-17-8-10-18(11-9-17)24-20-14-19(32-4)12-13-22(20)30-16(3)28-29-25(30)21(27-24)15-23(31)26-6-2/h5,7-14,21H,6,15H2,1-4H3,(H,26,31). The fourth-order valence-corrected chi connectivity index (χ4v) is 3.96. The lowest BCUT2D eigenvalue weighted by atomic mass is 9.98. The fourth-order valence-electron chi connectivity index (χ4n) is 3.96. The topological polar surface area (TPSA) is 81.4 Å². The molecule has 3 aromatic rings. The smallest absolute Gasteiger partial charge is 0.222 e. The van der Waals surface area contributed by atoms with Crippen molar-refractivity contribution in [2.45, 2.75) is 33.2 Å². The van der Waals surface area contributed by atoms with Gasteiger partial charge in [0.2, 0.25) is 5.91 Å². The van der Waals surface area contributed by atoms with Gasteiger partial charge in [0.05, 0.1) is 24.9 Å². The summed E-state index contributed by atoms with van der Waals surface area (Å²) < 4.78 is 7.50. The molecule has 1 N–H and O–H groups in total. The molecular formula is C25H27N5O2. The van der Waals surface area contributed by atoms with E-state index in [1.807, 2.05) is 49.6 Å². The number of aromatic nitrogens is 3. The summed E-state index contributed by atoms with van der Waals surface area (Å²) in [4.78, 5) is 17.6. The normalized spacial score (nSPS) is 15.0. The average molecular weight is 430 g/mol. The Morgan fingerprint density at radius 3 is 2.66 bits per heavy atom. The van der Waals surface area contributed by atoms with Gasteiger partial charge in [-0.05, 0) is 44.5 Å². The molecule has 0 spiro atoms. The largest absolute Gasteiger partial charge is 0.497 e. The molecule has 1 unspecified atom stereocenters. The Labute approximate surface area is 187 Å². The third kappa shape index (κ3) is 4.06. The molecule has 1 aliphatic heterocycles. The number of methoxy groups -OCH3 is 1. The Kier molecular flexibility index (Phi) is 6.16. The quantitative estimate of drug-likeness (QED) is 0.641. The van der Waals surface area contributed by atoms with E-state index in [0.717, 1.165) is 39.7 Å². The van der Waals surface area contributed by atoms with Crippen molar-refractivity contribution in [3.63, 3.8) is 0 Å². The molecule has 0 bridgehead atoms. The molecule has 164 valence electrons. The SMILES string of the molecule is CC=Cc1ccc(C2=NC(CC(=O)NCC)c3nnc(C)n3-c3ccc(OC)cc32)cc1. The highest BCUT2D eigenvalue weighted by molar-refractivity contribution is 6.15. The van der Waals surface area contributed by atoms with Crippen LogP contribution in [0.15, 0.2) is 53.5 Å². The molecule has 0 saturated carbocycles. The molecule has 0 radical (unpaired) electrons. The van der Waals surface area contributed by atoms with Gasteiger partial charge in [-0.25, -0.2) is 0 Å². The Bertz CT molecular complexity index is 1190. The van der Waals surface area contributed by atoms with E-state index in [-0.39, 0.29) is 12.3 Å². The summed E-state index contributed by atoms with van der Waals surface area (Å²) in [7, 11) is 1.65. The number of carbonyl (C=O) groups excluding carboxylic acids is 1. The highest BCUT2D eigenvalue weighted by Gasteiger charge is 2.29. The number of allylic oxidation sites excluding steroid dienone is 1. The van der Waals surface area contributed by atoms with Crippen LogP contribution in [0.25, 0.3) is 11.8 Å². The monoisotopic (exact) mass is 429 g/mol. The number of nitrogens with zero attached hydrogens (tertiary/aromatic N) is 4. The summed E-state index contributed by atoms with van der Waals surface area (Å²) in [6.45, 7) is 6.37. The van der Waals surface area contributed by atoms with Crippen LogP contribution in [0.3, 0.4) is 0 Å². The Balaban J connectivity index is 1.93. The van der Waals surface area contributed by atoms with Gasteiger partial charge in [0.25, 0.3) is 0 Å². The van der Waals surface area contributed by atoms with E-state index in [0.29, 0.717) is 12.4 Å². The molecule has 1 aromatic heterocycles. The van der Waals surface area contributed by atoms with Crippen molar-refractivity contribution in [3.8, 4) is 11.4 Å². The average Bonchev–Trinajstić information content (AvgIpc) is 3.12. The second kappa shape index (κ2) is 9.18. The summed E-state index contributed by atoms with van der Waals surface area (Å²) in [5.74, 6) is 2.06. The molecule has 2 heterocycles. The van der Waals surface area contributed by atoms with Gasteiger partial charge in [-0.2, -0.15) is 0 Å². The van der Waals surface area contributed by atoms with Gasteiger partial charge in [0, 0.05) is 17.7 Å². The van der Waals surface area contributed by atoms with Crippen LogP contribution in [0.4, 0.5) is 0 Å². The van der Waals surface area contributed by atoms with Gasteiger partial charge in [0.15, 0.2) is 5.82 Å². The lowest BCUT2D eigenvalue weighted by molar-refractivity contribution is -0.121. The predicted molar refractivity (Wildman–Crippen MR) is 125 cm³/mol. The van der Waals surface area contributed by atoms with Gasteiger partial charge < -0.3 is 10.1 Å². The molecule has 1 amide bonds. The zero-order valence-corrected chi connectivity index (χ0v) is 18.8. The van der Waals surface area contributed by atoms with Crippen LogP contribution >= 0.6 is 0 Å². The van der Waals surface area contributed by atoms with E-state index in [9.17, 15) is 4.79 Å². The number of aryl methyl sites for hydroxylation is 1. The molecule has 1 aliphatic rings. The first-order valence-electron chi connectivity index (χ1n) is 10.7. The van der Waals surface area contributed by atoms with E-state index in [1.54, 1.807) is 7.11 Å². The summed E-state index contributed by atoms with van der Waals surface area (Å²) in [6, 6.07) is 13.7. The van der Waals surface area contributed by atoms with E-state index < -0.39 is 6.04 Å². The molecular weight excluding hydrogens is 402 g/mol. The number of hydrogen-bond donors (Lipinski definition) is 1. The van der Waals surface area contributed by atoms with Crippen molar-refractivity contribution in [1.29, 1.82) is 0 Å². The molecule has 0 aliphatic carbocycles. The molecule has 0 fully saturated rings.